The van der Waals surface area contributed by atoms with Crippen LogP contribution in [0.4, 0.5) is 0 Å². The van der Waals surface area contributed by atoms with Crippen LogP contribution in [0.3, 0.4) is 0 Å². The molecule has 0 radical (unpaired) electrons. The van der Waals surface area contributed by atoms with E-state index >= 15 is 0 Å². The van der Waals surface area contributed by atoms with Crippen LogP contribution >= 0.6 is 0 Å². The predicted octanol–water partition coefficient (Wildman–Crippen LogP) is 1.96. The summed E-state index contributed by atoms with van der Waals surface area (Å²) in [5.41, 5.74) is -0.757. The molecule has 1 saturated carbocycles. The Morgan fingerprint density at radius 2 is 2.00 bits per heavy atom. The highest BCUT2D eigenvalue weighted by molar-refractivity contribution is 5.20. The van der Waals surface area contributed by atoms with Gasteiger partial charge in [-0.25, -0.2) is 0 Å². The molecule has 1 N–H and O–H groups in total. The van der Waals surface area contributed by atoms with Crippen molar-refractivity contribution in [2.45, 2.75) is 63.6 Å². The second-order valence-corrected chi connectivity index (χ2v) is 7.00. The van der Waals surface area contributed by atoms with E-state index < -0.39 is 5.60 Å². The van der Waals surface area contributed by atoms with Crippen LogP contribution in [0, 0.1) is 17.8 Å². The van der Waals surface area contributed by atoms with Crippen molar-refractivity contribution >= 4 is 0 Å². The van der Waals surface area contributed by atoms with Gasteiger partial charge in [0.2, 0.25) is 0 Å². The van der Waals surface area contributed by atoms with Crippen molar-refractivity contribution in [3.05, 3.63) is 0 Å². The van der Waals surface area contributed by atoms with Crippen LogP contribution in [0.25, 0.3) is 0 Å². The molecule has 0 aromatic carbocycles. The summed E-state index contributed by atoms with van der Waals surface area (Å²) in [5, 5.41) is 11.1. The van der Waals surface area contributed by atoms with Crippen LogP contribution in [-0.4, -0.2) is 59.8 Å². The van der Waals surface area contributed by atoms with E-state index in [0.29, 0.717) is 18.0 Å². The highest BCUT2D eigenvalue weighted by atomic mass is 16.3. The monoisotopic (exact) mass is 278 g/mol. The maximum absolute atomic E-state index is 11.1. The Bertz CT molecular complexity index is 382. The van der Waals surface area contributed by atoms with Gasteiger partial charge in [0.1, 0.15) is 5.60 Å². The summed E-state index contributed by atoms with van der Waals surface area (Å²) in [4.78, 5) is 4.64. The lowest BCUT2D eigenvalue weighted by Crippen LogP contribution is -2.60. The van der Waals surface area contributed by atoms with Crippen LogP contribution in [0.15, 0.2) is 0 Å². The Morgan fingerprint density at radius 3 is 2.65 bits per heavy atom. The van der Waals surface area contributed by atoms with E-state index in [0.717, 1.165) is 25.9 Å². The van der Waals surface area contributed by atoms with E-state index in [1.54, 1.807) is 0 Å². The molecular weight excluding hydrogens is 248 g/mol. The molecule has 114 valence electrons. The van der Waals surface area contributed by atoms with Crippen LogP contribution in [0.1, 0.15) is 46.0 Å². The minimum Gasteiger partial charge on any atom is -0.377 e. The highest BCUT2D eigenvalue weighted by Gasteiger charge is 2.47. The molecule has 2 rings (SSSR count). The molecule has 3 heteroatoms. The summed E-state index contributed by atoms with van der Waals surface area (Å²) < 4.78 is 0. The maximum atomic E-state index is 11.1. The summed E-state index contributed by atoms with van der Waals surface area (Å²) >= 11 is 0. The normalized spacial score (nSPS) is 34.8. The molecule has 0 aromatic rings. The first-order chi connectivity index (χ1) is 9.44. The molecule has 0 spiro atoms. The lowest BCUT2D eigenvalue weighted by atomic mass is 9.69. The molecule has 1 saturated heterocycles. The molecule has 3 nitrogen and oxygen atoms in total. The lowest BCUT2D eigenvalue weighted by molar-refractivity contribution is -0.0871. The van der Waals surface area contributed by atoms with Crippen molar-refractivity contribution in [3.63, 3.8) is 0 Å². The minimum atomic E-state index is -0.757. The number of piperidine rings is 1. The molecule has 1 aliphatic carbocycles. The van der Waals surface area contributed by atoms with Gasteiger partial charge in [0.15, 0.2) is 0 Å². The van der Waals surface area contributed by atoms with E-state index in [-0.39, 0.29) is 0 Å². The Labute approximate surface area is 124 Å². The van der Waals surface area contributed by atoms with Gasteiger partial charge in [-0.1, -0.05) is 24.7 Å². The Hall–Kier alpha value is -0.560. The van der Waals surface area contributed by atoms with Crippen LogP contribution < -0.4 is 0 Å². The summed E-state index contributed by atoms with van der Waals surface area (Å²) in [6, 6.07) is 1.09. The molecular formula is C17H30N2O. The molecule has 0 aromatic heterocycles. The summed E-state index contributed by atoms with van der Waals surface area (Å²) in [6.45, 7) is 6.25. The number of rotatable bonds is 2. The fourth-order valence-electron chi connectivity index (χ4n) is 3.86. The van der Waals surface area contributed by atoms with Crippen molar-refractivity contribution in [1.29, 1.82) is 0 Å². The zero-order valence-electron chi connectivity index (χ0n) is 13.5. The molecule has 3 atom stereocenters. The average Bonchev–Trinajstić information content (AvgIpc) is 2.38. The highest BCUT2D eigenvalue weighted by Crippen LogP contribution is 2.41. The first-order valence-corrected chi connectivity index (χ1v) is 8.07. The SMILES string of the molecule is CC(C)N1CC[C@](O)(C#CCN(C)C)[C@H]2CCCC[C@@H]21. The first-order valence-electron chi connectivity index (χ1n) is 8.07. The summed E-state index contributed by atoms with van der Waals surface area (Å²) in [5.74, 6) is 6.74. The molecule has 0 unspecified atom stereocenters. The molecule has 2 aliphatic rings. The van der Waals surface area contributed by atoms with E-state index in [1.165, 1.54) is 19.3 Å². The zero-order valence-corrected chi connectivity index (χ0v) is 13.5. The van der Waals surface area contributed by atoms with Crippen molar-refractivity contribution in [3.8, 4) is 11.8 Å². The van der Waals surface area contributed by atoms with Gasteiger partial charge in [0.05, 0.1) is 6.54 Å². The molecule has 1 aliphatic heterocycles. The molecule has 20 heavy (non-hydrogen) atoms. The number of fused-ring (bicyclic) bond motifs is 1. The number of likely N-dealkylation sites (tertiary alicyclic amines) is 1. The lowest BCUT2D eigenvalue weighted by Gasteiger charge is -2.52. The largest absolute Gasteiger partial charge is 0.377 e. The van der Waals surface area contributed by atoms with Gasteiger partial charge in [-0.15, -0.1) is 0 Å². The molecule has 1 heterocycles. The Morgan fingerprint density at radius 1 is 1.30 bits per heavy atom. The van der Waals surface area contributed by atoms with E-state index in [1.807, 2.05) is 14.1 Å². The summed E-state index contributed by atoms with van der Waals surface area (Å²) in [6.07, 6.45) is 5.69. The van der Waals surface area contributed by atoms with Crippen molar-refractivity contribution in [2.75, 3.05) is 27.2 Å². The van der Waals surface area contributed by atoms with Crippen LogP contribution in [-0.2, 0) is 0 Å². The Balaban J connectivity index is 2.16. The number of aliphatic hydroxyl groups is 1. The number of nitrogens with zero attached hydrogens (tertiary/aromatic N) is 2. The van der Waals surface area contributed by atoms with E-state index in [4.69, 9.17) is 0 Å². The first kappa shape index (κ1) is 15.8. The van der Waals surface area contributed by atoms with Crippen LogP contribution in [0.2, 0.25) is 0 Å². The smallest absolute Gasteiger partial charge is 0.131 e. The zero-order chi connectivity index (χ0) is 14.8. The Kier molecular flexibility index (Phi) is 5.12. The van der Waals surface area contributed by atoms with Gasteiger partial charge in [0, 0.05) is 31.0 Å². The second kappa shape index (κ2) is 6.47. The quantitative estimate of drug-likeness (QED) is 0.782. The molecule has 0 bridgehead atoms. The minimum absolute atomic E-state index is 0.335. The van der Waals surface area contributed by atoms with Gasteiger partial charge in [-0.3, -0.25) is 9.80 Å². The van der Waals surface area contributed by atoms with Gasteiger partial charge in [-0.2, -0.15) is 0 Å². The number of hydrogen-bond donors (Lipinski definition) is 1. The fraction of sp³-hybridized carbons (Fsp3) is 0.882. The molecule has 2 fully saturated rings. The van der Waals surface area contributed by atoms with Crippen LogP contribution in [0.5, 0.6) is 0 Å². The average molecular weight is 278 g/mol. The predicted molar refractivity (Wildman–Crippen MR) is 83.5 cm³/mol. The van der Waals surface area contributed by atoms with E-state index in [9.17, 15) is 5.11 Å². The van der Waals surface area contributed by atoms with E-state index in [2.05, 4.69) is 35.5 Å². The van der Waals surface area contributed by atoms with Gasteiger partial charge in [-0.05, 0) is 40.8 Å². The van der Waals surface area contributed by atoms with Gasteiger partial charge >= 0.3 is 0 Å². The van der Waals surface area contributed by atoms with Crippen molar-refractivity contribution in [1.82, 2.24) is 9.80 Å². The number of hydrogen-bond acceptors (Lipinski definition) is 3. The van der Waals surface area contributed by atoms with Gasteiger partial charge < -0.3 is 5.11 Å². The summed E-state index contributed by atoms with van der Waals surface area (Å²) in [7, 11) is 4.03. The fourth-order valence-corrected chi connectivity index (χ4v) is 3.86. The van der Waals surface area contributed by atoms with Gasteiger partial charge in [0.25, 0.3) is 0 Å². The third kappa shape index (κ3) is 3.36. The van der Waals surface area contributed by atoms with Crippen molar-refractivity contribution in [2.24, 2.45) is 5.92 Å². The van der Waals surface area contributed by atoms with Crippen molar-refractivity contribution < 1.29 is 5.11 Å². The second-order valence-electron chi connectivity index (χ2n) is 7.00. The third-order valence-corrected chi connectivity index (χ3v) is 4.88. The third-order valence-electron chi connectivity index (χ3n) is 4.88. The standard InChI is InChI=1S/C17H30N2O/c1-14(2)19-13-11-17(20,10-7-12-18(3)4)15-8-5-6-9-16(15)19/h14-16,20H,5-6,8-9,11-13H2,1-4H3/t15-,16-,17+/m0/s1. The topological polar surface area (TPSA) is 26.7 Å². The molecule has 0 amide bonds. The maximum Gasteiger partial charge on any atom is 0.131 e.